The summed E-state index contributed by atoms with van der Waals surface area (Å²) in [5.74, 6) is 0.976. The van der Waals surface area contributed by atoms with Crippen LogP contribution in [0.5, 0.6) is 0 Å². The van der Waals surface area contributed by atoms with Gasteiger partial charge in [-0.3, -0.25) is 9.59 Å². The predicted octanol–water partition coefficient (Wildman–Crippen LogP) is 3.93. The Hall–Kier alpha value is -1.79. The third kappa shape index (κ3) is 4.85. The van der Waals surface area contributed by atoms with Gasteiger partial charge in [-0.2, -0.15) is 0 Å². The second-order valence-corrected chi connectivity index (χ2v) is 8.10. The first kappa shape index (κ1) is 17.0. The first-order chi connectivity index (χ1) is 11.6. The molecule has 1 aliphatic rings. The van der Waals surface area contributed by atoms with E-state index < -0.39 is 0 Å². The van der Waals surface area contributed by atoms with Gasteiger partial charge in [-0.05, 0) is 44.0 Å². The summed E-state index contributed by atoms with van der Waals surface area (Å²) in [4.78, 5) is 25.7. The number of hydrogen-bond acceptors (Lipinski definition) is 4. The Morgan fingerprint density at radius 2 is 1.92 bits per heavy atom. The average molecular weight is 361 g/mol. The fourth-order valence-corrected chi connectivity index (χ4v) is 3.75. The first-order valence-electron chi connectivity index (χ1n) is 8.00. The van der Waals surface area contributed by atoms with E-state index in [-0.39, 0.29) is 17.7 Å². The highest BCUT2D eigenvalue weighted by Crippen LogP contribution is 2.31. The Bertz CT molecular complexity index is 721. The second kappa shape index (κ2) is 7.85. The lowest BCUT2D eigenvalue weighted by Crippen LogP contribution is -2.24. The average Bonchev–Trinajstić information content (AvgIpc) is 3.33. The van der Waals surface area contributed by atoms with Gasteiger partial charge in [0.2, 0.25) is 5.91 Å². The molecule has 4 nitrogen and oxygen atoms in total. The Balaban J connectivity index is 1.40. The van der Waals surface area contributed by atoms with Crippen molar-refractivity contribution in [1.29, 1.82) is 0 Å². The molecule has 1 saturated carbocycles. The minimum absolute atomic E-state index is 0.0679. The fraction of sp³-hybridized carbons (Fsp3) is 0.333. The molecule has 1 fully saturated rings. The van der Waals surface area contributed by atoms with Crippen molar-refractivity contribution in [3.8, 4) is 0 Å². The van der Waals surface area contributed by atoms with Gasteiger partial charge in [-0.25, -0.2) is 0 Å². The first-order valence-corrected chi connectivity index (χ1v) is 9.80. The summed E-state index contributed by atoms with van der Waals surface area (Å²) in [6, 6.07) is 11.9. The number of hydrogen-bond donors (Lipinski definition) is 2. The van der Waals surface area contributed by atoms with Crippen LogP contribution in [0.15, 0.2) is 41.3 Å². The Labute approximate surface area is 150 Å². The van der Waals surface area contributed by atoms with Crippen LogP contribution in [0.3, 0.4) is 0 Å². The highest BCUT2D eigenvalue weighted by Gasteiger charge is 2.29. The van der Waals surface area contributed by atoms with Crippen LogP contribution in [-0.4, -0.2) is 24.1 Å². The van der Waals surface area contributed by atoms with E-state index >= 15 is 0 Å². The molecule has 1 heterocycles. The van der Waals surface area contributed by atoms with Crippen molar-refractivity contribution in [2.45, 2.75) is 24.7 Å². The summed E-state index contributed by atoms with van der Waals surface area (Å²) in [5, 5.41) is 6.53. The summed E-state index contributed by atoms with van der Waals surface area (Å²) in [7, 11) is 0. The standard InChI is InChI=1S/C18H20N2O2S2/c1-12-2-6-14(7-3-12)23-11-10-19-18(22)15-8-9-16(24-15)20-17(21)13-4-5-13/h2-3,6-9,13H,4-5,10-11H2,1H3,(H,19,22)(H,20,21). The number of anilines is 1. The van der Waals surface area contributed by atoms with Gasteiger partial charge >= 0.3 is 0 Å². The third-order valence-corrected chi connectivity index (χ3v) is 5.71. The number of aryl methyl sites for hydroxylation is 1. The summed E-state index contributed by atoms with van der Waals surface area (Å²) in [5.41, 5.74) is 1.25. The number of rotatable bonds is 7. The SMILES string of the molecule is Cc1ccc(SCCNC(=O)c2ccc(NC(=O)C3CC3)s2)cc1. The number of carbonyl (C=O) groups excluding carboxylic acids is 2. The van der Waals surface area contributed by atoms with E-state index in [1.165, 1.54) is 21.8 Å². The predicted molar refractivity (Wildman–Crippen MR) is 99.9 cm³/mol. The molecule has 2 N–H and O–H groups in total. The molecule has 1 aromatic carbocycles. The van der Waals surface area contributed by atoms with Crippen LogP contribution >= 0.6 is 23.1 Å². The van der Waals surface area contributed by atoms with Gasteiger partial charge in [0.15, 0.2) is 0 Å². The maximum absolute atomic E-state index is 12.1. The Kier molecular flexibility index (Phi) is 5.58. The highest BCUT2D eigenvalue weighted by atomic mass is 32.2. The van der Waals surface area contributed by atoms with Crippen molar-refractivity contribution in [2.24, 2.45) is 5.92 Å². The molecule has 1 aliphatic carbocycles. The second-order valence-electron chi connectivity index (χ2n) is 5.84. The van der Waals surface area contributed by atoms with Crippen LogP contribution in [-0.2, 0) is 4.79 Å². The Morgan fingerprint density at radius 1 is 1.17 bits per heavy atom. The molecular formula is C18H20N2O2S2. The van der Waals surface area contributed by atoms with E-state index in [2.05, 4.69) is 41.8 Å². The van der Waals surface area contributed by atoms with Crippen molar-refractivity contribution in [3.05, 3.63) is 46.8 Å². The molecule has 2 amide bonds. The minimum Gasteiger partial charge on any atom is -0.350 e. The summed E-state index contributed by atoms with van der Waals surface area (Å²) < 4.78 is 0. The van der Waals surface area contributed by atoms with Crippen LogP contribution < -0.4 is 10.6 Å². The van der Waals surface area contributed by atoms with Crippen LogP contribution in [0.25, 0.3) is 0 Å². The number of benzene rings is 1. The van der Waals surface area contributed by atoms with Crippen molar-refractivity contribution >= 4 is 39.9 Å². The van der Waals surface area contributed by atoms with Gasteiger partial charge in [-0.15, -0.1) is 23.1 Å². The quantitative estimate of drug-likeness (QED) is 0.581. The summed E-state index contributed by atoms with van der Waals surface area (Å²) in [6.07, 6.45) is 1.95. The molecule has 0 saturated heterocycles. The number of nitrogens with one attached hydrogen (secondary N) is 2. The molecular weight excluding hydrogens is 340 g/mol. The fourth-order valence-electron chi connectivity index (χ4n) is 2.15. The van der Waals surface area contributed by atoms with Crippen molar-refractivity contribution in [3.63, 3.8) is 0 Å². The van der Waals surface area contributed by atoms with E-state index in [1.807, 2.05) is 0 Å². The molecule has 3 rings (SSSR count). The molecule has 126 valence electrons. The van der Waals surface area contributed by atoms with E-state index in [4.69, 9.17) is 0 Å². The van der Waals surface area contributed by atoms with Crippen LogP contribution in [0, 0.1) is 12.8 Å². The Morgan fingerprint density at radius 3 is 2.62 bits per heavy atom. The zero-order valence-corrected chi connectivity index (χ0v) is 15.1. The molecule has 0 aliphatic heterocycles. The molecule has 0 radical (unpaired) electrons. The molecule has 0 unspecified atom stereocenters. The maximum atomic E-state index is 12.1. The molecule has 2 aromatic rings. The van der Waals surface area contributed by atoms with E-state index in [0.29, 0.717) is 11.4 Å². The van der Waals surface area contributed by atoms with Crippen molar-refractivity contribution < 1.29 is 9.59 Å². The number of thioether (sulfide) groups is 1. The van der Waals surface area contributed by atoms with Gasteiger partial charge in [-0.1, -0.05) is 17.7 Å². The lowest BCUT2D eigenvalue weighted by atomic mass is 10.2. The summed E-state index contributed by atoms with van der Waals surface area (Å²) in [6.45, 7) is 2.68. The summed E-state index contributed by atoms with van der Waals surface area (Å²) >= 11 is 3.04. The zero-order chi connectivity index (χ0) is 16.9. The smallest absolute Gasteiger partial charge is 0.261 e. The van der Waals surface area contributed by atoms with Crippen LogP contribution in [0.1, 0.15) is 28.1 Å². The highest BCUT2D eigenvalue weighted by molar-refractivity contribution is 7.99. The van der Waals surface area contributed by atoms with Crippen LogP contribution in [0.2, 0.25) is 0 Å². The van der Waals surface area contributed by atoms with Gasteiger partial charge in [0.05, 0.1) is 9.88 Å². The largest absolute Gasteiger partial charge is 0.350 e. The van der Waals surface area contributed by atoms with Gasteiger partial charge < -0.3 is 10.6 Å². The molecule has 1 aromatic heterocycles. The van der Waals surface area contributed by atoms with Crippen molar-refractivity contribution in [1.82, 2.24) is 5.32 Å². The minimum atomic E-state index is -0.0866. The number of carbonyl (C=O) groups is 2. The zero-order valence-electron chi connectivity index (χ0n) is 13.5. The van der Waals surface area contributed by atoms with Crippen molar-refractivity contribution in [2.75, 3.05) is 17.6 Å². The third-order valence-electron chi connectivity index (χ3n) is 3.70. The lowest BCUT2D eigenvalue weighted by Gasteiger charge is -2.04. The number of amides is 2. The molecule has 0 bridgehead atoms. The van der Waals surface area contributed by atoms with E-state index in [1.54, 1.807) is 23.9 Å². The van der Waals surface area contributed by atoms with Gasteiger partial charge in [0, 0.05) is 23.1 Å². The molecule has 6 heteroatoms. The normalized spacial score (nSPS) is 13.5. The van der Waals surface area contributed by atoms with E-state index in [0.717, 1.165) is 23.6 Å². The topological polar surface area (TPSA) is 58.2 Å². The monoisotopic (exact) mass is 360 g/mol. The van der Waals surface area contributed by atoms with Gasteiger partial charge in [0.25, 0.3) is 5.91 Å². The van der Waals surface area contributed by atoms with Gasteiger partial charge in [0.1, 0.15) is 0 Å². The number of thiophene rings is 1. The lowest BCUT2D eigenvalue weighted by molar-refractivity contribution is -0.117. The molecule has 0 spiro atoms. The maximum Gasteiger partial charge on any atom is 0.261 e. The molecule has 24 heavy (non-hydrogen) atoms. The molecule has 0 atom stereocenters. The van der Waals surface area contributed by atoms with E-state index in [9.17, 15) is 9.59 Å². The van der Waals surface area contributed by atoms with Crippen LogP contribution in [0.4, 0.5) is 5.00 Å².